The quantitative estimate of drug-likeness (QED) is 0.721. The number of hydrogen-bond donors (Lipinski definition) is 2. The van der Waals surface area contributed by atoms with E-state index in [4.69, 9.17) is 5.11 Å². The topological polar surface area (TPSA) is 49.3 Å². The Labute approximate surface area is 90.6 Å². The van der Waals surface area contributed by atoms with E-state index in [-0.39, 0.29) is 11.8 Å². The van der Waals surface area contributed by atoms with Crippen molar-refractivity contribution in [1.82, 2.24) is 5.32 Å². The van der Waals surface area contributed by atoms with E-state index >= 15 is 0 Å². The van der Waals surface area contributed by atoms with Crippen molar-refractivity contribution >= 4 is 43.0 Å². The Morgan fingerprint density at radius 1 is 1.55 bits per heavy atom. The Morgan fingerprint density at radius 2 is 1.91 bits per heavy atom. The minimum atomic E-state index is -0.866. The van der Waals surface area contributed by atoms with Gasteiger partial charge in [-0.15, -0.1) is 0 Å². The van der Waals surface area contributed by atoms with Crippen molar-refractivity contribution in [2.24, 2.45) is 0 Å². The second-order valence-electron chi connectivity index (χ2n) is 2.13. The maximum absolute atomic E-state index is 10.5. The number of hydrogen-bond acceptors (Lipinski definition) is 3. The molecule has 11 heavy (non-hydrogen) atoms. The Hall–Kier alpha value is 1.05. The first-order valence-corrected chi connectivity index (χ1v) is 9.38. The molecule has 0 fully saturated rings. The van der Waals surface area contributed by atoms with Gasteiger partial charge in [-0.25, -0.2) is 0 Å². The average Bonchev–Trinajstić information content (AvgIpc) is 2.05. The number of aliphatic hydroxyl groups excluding tert-OH is 1. The van der Waals surface area contributed by atoms with Gasteiger partial charge in [-0.05, 0) is 20.9 Å². The number of Topliss-reactive ketones (excluding diaryl/α,β-unsaturated/α-hetero) is 1. The van der Waals surface area contributed by atoms with Gasteiger partial charge in [0.25, 0.3) is 0 Å². The summed E-state index contributed by atoms with van der Waals surface area (Å²) >= 11 is 4.24. The van der Waals surface area contributed by atoms with Crippen LogP contribution in [0.3, 0.4) is 0 Å². The van der Waals surface area contributed by atoms with Gasteiger partial charge in [-0.1, -0.05) is 0 Å². The van der Waals surface area contributed by atoms with Gasteiger partial charge in [0.05, 0.1) is 0 Å². The van der Waals surface area contributed by atoms with Gasteiger partial charge in [0, 0.05) is 43.3 Å². The van der Waals surface area contributed by atoms with Gasteiger partial charge in [-0.2, -0.15) is 0 Å². The smallest absolute Gasteiger partial charge is 0.159 e. The van der Waals surface area contributed by atoms with Crippen molar-refractivity contribution in [2.45, 2.75) is 26.0 Å². The van der Waals surface area contributed by atoms with E-state index in [9.17, 15) is 4.79 Å². The number of nitrogens with one attached hydrogen (secondary N) is 1. The summed E-state index contributed by atoms with van der Waals surface area (Å²) in [6.45, 7) is 3.13. The second kappa shape index (κ2) is 9.14. The highest BCUT2D eigenvalue weighted by atomic mass is 128. The van der Waals surface area contributed by atoms with Crippen molar-refractivity contribution in [3.8, 4) is 0 Å². The summed E-state index contributed by atoms with van der Waals surface area (Å²) in [5.74, 6) is -0.197. The van der Waals surface area contributed by atoms with Crippen LogP contribution in [0.25, 0.3) is 0 Å². The Balaban J connectivity index is 0. The van der Waals surface area contributed by atoms with Crippen LogP contribution < -0.4 is 5.32 Å². The zero-order valence-corrected chi connectivity index (χ0v) is 11.1. The lowest BCUT2D eigenvalue weighted by Crippen LogP contribution is -2.39. The van der Waals surface area contributed by atoms with Crippen LogP contribution in [0.15, 0.2) is 0 Å². The molecule has 2 atom stereocenters. The van der Waals surface area contributed by atoms with E-state index in [1.165, 1.54) is 6.92 Å². The maximum atomic E-state index is 10.5. The lowest BCUT2D eigenvalue weighted by Gasteiger charge is -2.13. The SMILES string of the molecule is CNC(C)C(O)C(C)=O.II. The molecule has 0 bridgehead atoms. The summed E-state index contributed by atoms with van der Waals surface area (Å²) in [7, 11) is 1.71. The van der Waals surface area contributed by atoms with Gasteiger partial charge >= 0.3 is 0 Å². The molecule has 0 spiro atoms. The fourth-order valence-corrected chi connectivity index (χ4v) is 0.510. The molecule has 0 saturated carbocycles. The van der Waals surface area contributed by atoms with Gasteiger partial charge in [0.1, 0.15) is 6.10 Å². The molecule has 0 aromatic carbocycles. The monoisotopic (exact) mass is 385 g/mol. The number of carbonyl (C=O) groups excluding carboxylic acids is 1. The number of aliphatic hydroxyl groups is 1. The zero-order chi connectivity index (χ0) is 9.44. The molecule has 0 amide bonds. The predicted molar refractivity (Wildman–Crippen MR) is 63.2 cm³/mol. The standard InChI is InChI=1S/C6H13NO2.I2/c1-4(7-3)6(9)5(2)8;1-2/h4,6-7,9H,1-3H3;. The number of halogens is 2. The minimum Gasteiger partial charge on any atom is -0.384 e. The molecule has 68 valence electrons. The normalized spacial score (nSPS) is 14.4. The predicted octanol–water partition coefficient (Wildman–Crippen LogP) is 1.32. The molecule has 0 aromatic heterocycles. The van der Waals surface area contributed by atoms with E-state index in [0.29, 0.717) is 0 Å². The second-order valence-corrected chi connectivity index (χ2v) is 2.13. The van der Waals surface area contributed by atoms with E-state index in [2.05, 4.69) is 42.5 Å². The number of carbonyl (C=O) groups is 1. The lowest BCUT2D eigenvalue weighted by atomic mass is 10.1. The molecule has 0 heterocycles. The molecule has 3 nitrogen and oxygen atoms in total. The molecule has 0 radical (unpaired) electrons. The zero-order valence-electron chi connectivity index (χ0n) is 6.77. The van der Waals surface area contributed by atoms with Crippen LogP contribution in [0.1, 0.15) is 13.8 Å². The summed E-state index contributed by atoms with van der Waals surface area (Å²) in [6.07, 6.45) is -0.866. The molecule has 2 N–H and O–H groups in total. The molecule has 0 aliphatic heterocycles. The first-order chi connectivity index (χ1) is 5.09. The molecule has 0 rings (SSSR count). The Kier molecular flexibility index (Phi) is 12.1. The van der Waals surface area contributed by atoms with Crippen LogP contribution in [0.4, 0.5) is 0 Å². The van der Waals surface area contributed by atoms with Crippen LogP contribution in [-0.2, 0) is 4.79 Å². The van der Waals surface area contributed by atoms with Gasteiger partial charge in [-0.3, -0.25) is 4.79 Å². The molecule has 2 unspecified atom stereocenters. The lowest BCUT2D eigenvalue weighted by molar-refractivity contribution is -0.125. The summed E-state index contributed by atoms with van der Waals surface area (Å²) in [4.78, 5) is 10.5. The molecular formula is C6H13I2NO2. The van der Waals surface area contributed by atoms with Crippen LogP contribution in [-0.4, -0.2) is 30.1 Å². The number of rotatable bonds is 3. The summed E-state index contributed by atoms with van der Waals surface area (Å²) in [5, 5.41) is 11.8. The summed E-state index contributed by atoms with van der Waals surface area (Å²) in [5.41, 5.74) is 0. The molecule has 0 aliphatic rings. The first kappa shape index (κ1) is 14.6. The summed E-state index contributed by atoms with van der Waals surface area (Å²) in [6, 6.07) is -0.150. The van der Waals surface area contributed by atoms with Gasteiger partial charge < -0.3 is 10.4 Å². The van der Waals surface area contributed by atoms with E-state index < -0.39 is 6.10 Å². The van der Waals surface area contributed by atoms with Crippen LogP contribution in [0.5, 0.6) is 0 Å². The molecular weight excluding hydrogens is 372 g/mol. The van der Waals surface area contributed by atoms with Crippen LogP contribution >= 0.6 is 37.2 Å². The van der Waals surface area contributed by atoms with Gasteiger partial charge in [0.15, 0.2) is 5.78 Å². The maximum Gasteiger partial charge on any atom is 0.159 e. The molecule has 0 aromatic rings. The van der Waals surface area contributed by atoms with Crippen molar-refractivity contribution < 1.29 is 9.90 Å². The van der Waals surface area contributed by atoms with E-state index in [1.54, 1.807) is 14.0 Å². The highest BCUT2D eigenvalue weighted by Gasteiger charge is 2.15. The highest BCUT2D eigenvalue weighted by molar-refractivity contribution is 15.0. The van der Waals surface area contributed by atoms with Crippen molar-refractivity contribution in [3.05, 3.63) is 0 Å². The Bertz CT molecular complexity index is 111. The fraction of sp³-hybridized carbons (Fsp3) is 0.833. The minimum absolute atomic E-state index is 0.150. The average molecular weight is 385 g/mol. The van der Waals surface area contributed by atoms with Crippen LogP contribution in [0.2, 0.25) is 0 Å². The van der Waals surface area contributed by atoms with Crippen molar-refractivity contribution in [3.63, 3.8) is 0 Å². The van der Waals surface area contributed by atoms with Gasteiger partial charge in [0.2, 0.25) is 0 Å². The molecule has 5 heteroatoms. The third-order valence-electron chi connectivity index (χ3n) is 1.35. The van der Waals surface area contributed by atoms with Crippen molar-refractivity contribution in [2.75, 3.05) is 7.05 Å². The third kappa shape index (κ3) is 7.41. The highest BCUT2D eigenvalue weighted by Crippen LogP contribution is 1.91. The van der Waals surface area contributed by atoms with Crippen molar-refractivity contribution in [1.29, 1.82) is 0 Å². The fourth-order valence-electron chi connectivity index (χ4n) is 0.510. The number of likely N-dealkylation sites (N-methyl/N-ethyl adjacent to an activating group) is 1. The first-order valence-electron chi connectivity index (χ1n) is 3.09. The Morgan fingerprint density at radius 3 is 2.00 bits per heavy atom. The molecule has 0 aliphatic carbocycles. The van der Waals surface area contributed by atoms with E-state index in [1.807, 2.05) is 0 Å². The van der Waals surface area contributed by atoms with E-state index in [0.717, 1.165) is 0 Å². The summed E-state index contributed by atoms with van der Waals surface area (Å²) < 4.78 is 0. The third-order valence-corrected chi connectivity index (χ3v) is 1.35. The number of ketones is 1. The molecule has 0 saturated heterocycles. The van der Waals surface area contributed by atoms with Crippen LogP contribution in [0, 0.1) is 0 Å². The largest absolute Gasteiger partial charge is 0.384 e.